The summed E-state index contributed by atoms with van der Waals surface area (Å²) in [6, 6.07) is 2.37. The molecular weight excluding hydrogens is 305 g/mol. The Morgan fingerprint density at radius 2 is 2.25 bits per heavy atom. The molecule has 0 unspecified atom stereocenters. The van der Waals surface area contributed by atoms with Crippen LogP contribution >= 0.6 is 12.2 Å². The normalized spacial score (nSPS) is 11.8. The Labute approximate surface area is 122 Å². The van der Waals surface area contributed by atoms with Gasteiger partial charge in [-0.2, -0.15) is 4.31 Å². The summed E-state index contributed by atoms with van der Waals surface area (Å²) in [4.78, 5) is 3.78. The van der Waals surface area contributed by atoms with E-state index in [9.17, 15) is 12.8 Å². The second-order valence-corrected chi connectivity index (χ2v) is 6.28. The Kier molecular flexibility index (Phi) is 6.40. The summed E-state index contributed by atoms with van der Waals surface area (Å²) < 4.78 is 44.2. The van der Waals surface area contributed by atoms with Gasteiger partial charge in [0.15, 0.2) is 5.82 Å². The minimum atomic E-state index is -4.05. The zero-order chi connectivity index (χ0) is 15.2. The topological polar surface area (TPSA) is 85.5 Å². The molecule has 1 rings (SSSR count). The van der Waals surface area contributed by atoms with E-state index in [0.29, 0.717) is 0 Å². The molecule has 20 heavy (non-hydrogen) atoms. The number of hydrogen-bond donors (Lipinski definition) is 1. The van der Waals surface area contributed by atoms with Crippen molar-refractivity contribution in [2.45, 2.75) is 11.4 Å². The summed E-state index contributed by atoms with van der Waals surface area (Å²) in [5.41, 5.74) is 5.37. The van der Waals surface area contributed by atoms with E-state index in [1.54, 1.807) is 0 Å². The van der Waals surface area contributed by atoms with Crippen molar-refractivity contribution in [3.8, 4) is 0 Å². The maximum absolute atomic E-state index is 13.6. The Balaban J connectivity index is 3.03. The largest absolute Gasteiger partial charge is 0.393 e. The number of nitrogens with zero attached hydrogens (tertiary/aromatic N) is 2. The van der Waals surface area contributed by atoms with E-state index in [0.717, 1.165) is 10.4 Å². The van der Waals surface area contributed by atoms with Crippen molar-refractivity contribution in [3.63, 3.8) is 0 Å². The van der Waals surface area contributed by atoms with Crippen molar-refractivity contribution in [1.29, 1.82) is 0 Å². The lowest BCUT2D eigenvalue weighted by molar-refractivity contribution is 0.179. The molecule has 9 heteroatoms. The Morgan fingerprint density at radius 3 is 2.80 bits per heavy atom. The number of nitrogens with two attached hydrogens (primary N) is 1. The van der Waals surface area contributed by atoms with Crippen LogP contribution in [0.25, 0.3) is 0 Å². The van der Waals surface area contributed by atoms with Gasteiger partial charge in [0.05, 0.1) is 11.6 Å². The third-order valence-corrected chi connectivity index (χ3v) is 4.50. The number of aromatic nitrogens is 1. The highest BCUT2D eigenvalue weighted by atomic mass is 32.2. The molecule has 0 saturated heterocycles. The molecule has 0 saturated carbocycles. The van der Waals surface area contributed by atoms with Crippen molar-refractivity contribution in [2.24, 2.45) is 5.73 Å². The summed E-state index contributed by atoms with van der Waals surface area (Å²) in [5, 5.41) is -0.612. The molecule has 0 aliphatic heterocycles. The molecule has 0 amide bonds. The van der Waals surface area contributed by atoms with Gasteiger partial charge in [-0.3, -0.25) is 0 Å². The minimum absolute atomic E-state index is 0.0526. The molecule has 0 bridgehead atoms. The predicted molar refractivity (Wildman–Crippen MR) is 76.2 cm³/mol. The molecule has 1 aromatic rings. The summed E-state index contributed by atoms with van der Waals surface area (Å²) >= 11 is 4.73. The molecule has 2 N–H and O–H groups in total. The predicted octanol–water partition coefficient (Wildman–Crippen LogP) is 0.534. The zero-order valence-electron chi connectivity index (χ0n) is 11.0. The number of methoxy groups -OCH3 is 1. The standard InChI is InChI=1S/C11H16FN3O3S2/c1-18-8-7-15(6-4-10(13)19)20(16,17)11-9(12)3-2-5-14-11/h2-3,5H,4,6-8H2,1H3,(H2,13,19). The van der Waals surface area contributed by atoms with Gasteiger partial charge in [0, 0.05) is 32.8 Å². The molecular formula is C11H16FN3O3S2. The molecule has 0 fully saturated rings. The summed E-state index contributed by atoms with van der Waals surface area (Å²) in [7, 11) is -2.60. The average molecular weight is 321 g/mol. The van der Waals surface area contributed by atoms with Crippen LogP contribution in [-0.4, -0.2) is 49.5 Å². The van der Waals surface area contributed by atoms with Crippen molar-refractivity contribution in [1.82, 2.24) is 9.29 Å². The van der Waals surface area contributed by atoms with Gasteiger partial charge in [-0.05, 0) is 12.1 Å². The number of thiocarbonyl (C=S) groups is 1. The third kappa shape index (κ3) is 4.44. The van der Waals surface area contributed by atoms with E-state index >= 15 is 0 Å². The van der Waals surface area contributed by atoms with Crippen LogP contribution in [0.1, 0.15) is 6.42 Å². The van der Waals surface area contributed by atoms with Crippen LogP contribution < -0.4 is 5.73 Å². The molecule has 0 atom stereocenters. The van der Waals surface area contributed by atoms with Gasteiger partial charge in [-0.1, -0.05) is 12.2 Å². The summed E-state index contributed by atoms with van der Waals surface area (Å²) in [6.45, 7) is 0.291. The average Bonchev–Trinajstić information content (AvgIpc) is 2.38. The van der Waals surface area contributed by atoms with E-state index < -0.39 is 20.9 Å². The first-order valence-electron chi connectivity index (χ1n) is 5.77. The van der Waals surface area contributed by atoms with Gasteiger partial charge in [0.1, 0.15) is 0 Å². The van der Waals surface area contributed by atoms with Crippen molar-refractivity contribution >= 4 is 27.2 Å². The molecule has 112 valence electrons. The fourth-order valence-electron chi connectivity index (χ4n) is 1.46. The van der Waals surface area contributed by atoms with Gasteiger partial charge in [-0.25, -0.2) is 17.8 Å². The second-order valence-electron chi connectivity index (χ2n) is 3.90. The first-order valence-corrected chi connectivity index (χ1v) is 7.62. The Morgan fingerprint density at radius 1 is 1.55 bits per heavy atom. The minimum Gasteiger partial charge on any atom is -0.393 e. The number of sulfonamides is 1. The van der Waals surface area contributed by atoms with Crippen LogP contribution in [0.15, 0.2) is 23.4 Å². The Bertz CT molecular complexity index is 566. The van der Waals surface area contributed by atoms with Crippen molar-refractivity contribution in [2.75, 3.05) is 26.8 Å². The van der Waals surface area contributed by atoms with Crippen LogP contribution in [-0.2, 0) is 14.8 Å². The highest BCUT2D eigenvalue weighted by molar-refractivity contribution is 7.89. The first kappa shape index (κ1) is 16.9. The van der Waals surface area contributed by atoms with E-state index in [4.69, 9.17) is 22.7 Å². The highest BCUT2D eigenvalue weighted by Gasteiger charge is 2.28. The Hall–Kier alpha value is -1.16. The molecule has 0 aliphatic carbocycles. The molecule has 0 spiro atoms. The van der Waals surface area contributed by atoms with Gasteiger partial charge in [0.25, 0.3) is 10.0 Å². The molecule has 0 aromatic carbocycles. The summed E-state index contributed by atoms with van der Waals surface area (Å²) in [5.74, 6) is -0.898. The second kappa shape index (κ2) is 7.58. The van der Waals surface area contributed by atoms with Crippen molar-refractivity contribution in [3.05, 3.63) is 24.1 Å². The van der Waals surface area contributed by atoms with Crippen LogP contribution in [0.3, 0.4) is 0 Å². The fourth-order valence-corrected chi connectivity index (χ4v) is 2.95. The lowest BCUT2D eigenvalue weighted by atomic mass is 10.4. The summed E-state index contributed by atoms with van der Waals surface area (Å²) in [6.07, 6.45) is 1.42. The van der Waals surface area contributed by atoms with Gasteiger partial charge < -0.3 is 10.5 Å². The SMILES string of the molecule is COCCN(CCC(N)=S)S(=O)(=O)c1ncccc1F. The van der Waals surface area contributed by atoms with E-state index in [2.05, 4.69) is 4.98 Å². The number of pyridine rings is 1. The smallest absolute Gasteiger partial charge is 0.263 e. The number of rotatable bonds is 8. The quantitative estimate of drug-likeness (QED) is 0.703. The highest BCUT2D eigenvalue weighted by Crippen LogP contribution is 2.16. The van der Waals surface area contributed by atoms with Crippen LogP contribution in [0.4, 0.5) is 4.39 Å². The van der Waals surface area contributed by atoms with Crippen LogP contribution in [0, 0.1) is 5.82 Å². The lowest BCUT2D eigenvalue weighted by Gasteiger charge is -2.21. The lowest BCUT2D eigenvalue weighted by Crippen LogP contribution is -2.37. The molecule has 1 aromatic heterocycles. The van der Waals surface area contributed by atoms with Gasteiger partial charge in [0.2, 0.25) is 5.03 Å². The van der Waals surface area contributed by atoms with Crippen molar-refractivity contribution < 1.29 is 17.5 Å². The number of halogens is 1. The van der Waals surface area contributed by atoms with E-state index in [-0.39, 0.29) is 31.1 Å². The van der Waals surface area contributed by atoms with E-state index in [1.165, 1.54) is 19.4 Å². The molecule has 6 nitrogen and oxygen atoms in total. The molecule has 0 radical (unpaired) electrons. The third-order valence-electron chi connectivity index (χ3n) is 2.46. The molecule has 0 aliphatic rings. The first-order chi connectivity index (χ1) is 9.39. The van der Waals surface area contributed by atoms with Gasteiger partial charge in [-0.15, -0.1) is 0 Å². The maximum Gasteiger partial charge on any atom is 0.263 e. The van der Waals surface area contributed by atoms with Gasteiger partial charge >= 0.3 is 0 Å². The monoisotopic (exact) mass is 321 g/mol. The van der Waals surface area contributed by atoms with Crippen LogP contribution in [0.5, 0.6) is 0 Å². The maximum atomic E-state index is 13.6. The van der Waals surface area contributed by atoms with E-state index in [1.807, 2.05) is 0 Å². The fraction of sp³-hybridized carbons (Fsp3) is 0.455. The zero-order valence-corrected chi connectivity index (χ0v) is 12.6. The number of ether oxygens (including phenoxy) is 1. The van der Waals surface area contributed by atoms with Crippen LogP contribution in [0.2, 0.25) is 0 Å². The molecule has 1 heterocycles. The number of hydrogen-bond acceptors (Lipinski definition) is 5.